The van der Waals surface area contributed by atoms with Crippen molar-refractivity contribution in [2.75, 3.05) is 6.61 Å². The number of hydrogen-bond donors (Lipinski definition) is 1. The molecule has 0 saturated heterocycles. The summed E-state index contributed by atoms with van der Waals surface area (Å²) in [7, 11) is -3.73. The molecular formula is C19H21F2NO4S. The van der Waals surface area contributed by atoms with Crippen LogP contribution in [0.25, 0.3) is 0 Å². The maximum atomic E-state index is 12.5. The van der Waals surface area contributed by atoms with Crippen LogP contribution < -0.4 is 14.6 Å². The van der Waals surface area contributed by atoms with E-state index in [0.717, 1.165) is 5.56 Å². The largest absolute Gasteiger partial charge is 0.489 e. The minimum absolute atomic E-state index is 0.0000106. The molecule has 0 unspecified atom stereocenters. The quantitative estimate of drug-likeness (QED) is 0.772. The molecule has 2 atom stereocenters. The summed E-state index contributed by atoms with van der Waals surface area (Å²) in [6, 6.07) is 12.8. The van der Waals surface area contributed by atoms with Crippen molar-refractivity contribution < 1.29 is 26.7 Å². The van der Waals surface area contributed by atoms with Gasteiger partial charge in [-0.05, 0) is 41.2 Å². The fourth-order valence-electron chi connectivity index (χ4n) is 3.52. The molecule has 0 spiro atoms. The van der Waals surface area contributed by atoms with E-state index < -0.39 is 16.6 Å². The number of nitrogens with two attached hydrogens (primary N) is 1. The van der Waals surface area contributed by atoms with Gasteiger partial charge in [0.25, 0.3) is 0 Å². The van der Waals surface area contributed by atoms with Crippen LogP contribution in [0, 0.1) is 11.3 Å². The molecule has 0 heterocycles. The maximum absolute atomic E-state index is 12.5. The number of rotatable bonds is 7. The van der Waals surface area contributed by atoms with Crippen molar-refractivity contribution in [3.8, 4) is 11.5 Å². The Balaban J connectivity index is 1.70. The van der Waals surface area contributed by atoms with Crippen molar-refractivity contribution in [2.45, 2.75) is 31.3 Å². The minimum Gasteiger partial charge on any atom is -0.489 e. The highest BCUT2D eigenvalue weighted by atomic mass is 32.2. The normalized spacial score (nSPS) is 21.1. The third-order valence-corrected chi connectivity index (χ3v) is 6.03. The summed E-state index contributed by atoms with van der Waals surface area (Å²) in [4.78, 5) is 0.0654. The van der Waals surface area contributed by atoms with Gasteiger partial charge in [-0.3, -0.25) is 0 Å². The first-order valence-corrected chi connectivity index (χ1v) is 9.94. The number of sulfonamides is 1. The van der Waals surface area contributed by atoms with Crippen molar-refractivity contribution >= 4 is 10.0 Å². The highest BCUT2D eigenvalue weighted by Crippen LogP contribution is 2.64. The molecule has 0 aliphatic heterocycles. The predicted octanol–water partition coefficient (Wildman–Crippen LogP) is 3.75. The van der Waals surface area contributed by atoms with E-state index in [9.17, 15) is 17.2 Å². The lowest BCUT2D eigenvalue weighted by molar-refractivity contribution is -0.0515. The zero-order chi connectivity index (χ0) is 19.8. The molecule has 27 heavy (non-hydrogen) atoms. The third-order valence-electron chi connectivity index (χ3n) is 5.10. The Morgan fingerprint density at radius 2 is 1.67 bits per heavy atom. The van der Waals surface area contributed by atoms with Crippen LogP contribution in [0.2, 0.25) is 0 Å². The molecule has 8 heteroatoms. The fraction of sp³-hybridized carbons (Fsp3) is 0.368. The summed E-state index contributed by atoms with van der Waals surface area (Å²) in [5, 5.41) is 5.13. The molecule has 146 valence electrons. The Kier molecular flexibility index (Phi) is 5.14. The van der Waals surface area contributed by atoms with Gasteiger partial charge >= 0.3 is 6.61 Å². The molecular weight excluding hydrogens is 376 g/mol. The van der Waals surface area contributed by atoms with Crippen LogP contribution in [0.4, 0.5) is 8.78 Å². The molecule has 2 N–H and O–H groups in total. The van der Waals surface area contributed by atoms with E-state index in [2.05, 4.69) is 18.6 Å². The Morgan fingerprint density at radius 1 is 1.07 bits per heavy atom. The molecule has 0 amide bonds. The number of hydrogen-bond acceptors (Lipinski definition) is 4. The SMILES string of the molecule is CC1(C)[C@H](COc2ccccc2OC(F)F)[C@H]1c1ccc(S(N)(=O)=O)cc1. The molecule has 0 radical (unpaired) electrons. The molecule has 1 aliphatic carbocycles. The zero-order valence-corrected chi connectivity index (χ0v) is 15.7. The first-order valence-electron chi connectivity index (χ1n) is 8.40. The third kappa shape index (κ3) is 4.22. The second kappa shape index (κ2) is 7.09. The number of halogens is 2. The minimum atomic E-state index is -3.73. The molecule has 1 aliphatic rings. The Morgan fingerprint density at radius 3 is 2.22 bits per heavy atom. The fourth-order valence-corrected chi connectivity index (χ4v) is 4.04. The van der Waals surface area contributed by atoms with Crippen molar-refractivity contribution in [1.82, 2.24) is 0 Å². The first kappa shape index (κ1) is 19.6. The molecule has 2 aromatic rings. The van der Waals surface area contributed by atoms with Gasteiger partial charge < -0.3 is 9.47 Å². The van der Waals surface area contributed by atoms with Crippen LogP contribution in [0.15, 0.2) is 53.4 Å². The molecule has 1 fully saturated rings. The van der Waals surface area contributed by atoms with E-state index in [-0.39, 0.29) is 33.6 Å². The van der Waals surface area contributed by atoms with Gasteiger partial charge in [0, 0.05) is 5.92 Å². The smallest absolute Gasteiger partial charge is 0.387 e. The lowest BCUT2D eigenvalue weighted by Crippen LogP contribution is -2.11. The summed E-state index contributed by atoms with van der Waals surface area (Å²) in [6.07, 6.45) is 0. The van der Waals surface area contributed by atoms with Gasteiger partial charge in [-0.1, -0.05) is 38.1 Å². The monoisotopic (exact) mass is 397 g/mol. The van der Waals surface area contributed by atoms with Crippen molar-refractivity contribution in [2.24, 2.45) is 16.5 Å². The lowest BCUT2D eigenvalue weighted by atomic mass is 10.0. The average molecular weight is 397 g/mol. The van der Waals surface area contributed by atoms with Crippen molar-refractivity contribution in [3.63, 3.8) is 0 Å². The van der Waals surface area contributed by atoms with E-state index in [4.69, 9.17) is 9.88 Å². The predicted molar refractivity (Wildman–Crippen MR) is 96.4 cm³/mol. The van der Waals surface area contributed by atoms with Crippen LogP contribution in [-0.2, 0) is 10.0 Å². The van der Waals surface area contributed by atoms with Gasteiger partial charge in [-0.2, -0.15) is 8.78 Å². The highest BCUT2D eigenvalue weighted by Gasteiger charge is 2.58. The van der Waals surface area contributed by atoms with Crippen molar-refractivity contribution in [1.29, 1.82) is 0 Å². The summed E-state index contributed by atoms with van der Waals surface area (Å²) in [6.45, 7) is 1.58. The van der Waals surface area contributed by atoms with E-state index in [1.165, 1.54) is 18.2 Å². The second-order valence-electron chi connectivity index (χ2n) is 7.16. The number of primary sulfonamides is 1. The maximum Gasteiger partial charge on any atom is 0.387 e. The van der Waals surface area contributed by atoms with Gasteiger partial charge in [-0.15, -0.1) is 0 Å². The van der Waals surface area contributed by atoms with E-state index in [1.54, 1.807) is 30.3 Å². The second-order valence-corrected chi connectivity index (χ2v) is 8.72. The van der Waals surface area contributed by atoms with Crippen LogP contribution in [0.1, 0.15) is 25.3 Å². The average Bonchev–Trinajstić information content (AvgIpc) is 3.13. The van der Waals surface area contributed by atoms with Gasteiger partial charge in [0.15, 0.2) is 11.5 Å². The van der Waals surface area contributed by atoms with Gasteiger partial charge in [0.1, 0.15) is 0 Å². The van der Waals surface area contributed by atoms with E-state index >= 15 is 0 Å². The molecule has 1 saturated carbocycles. The van der Waals surface area contributed by atoms with E-state index in [0.29, 0.717) is 6.61 Å². The van der Waals surface area contributed by atoms with Gasteiger partial charge in [-0.25, -0.2) is 13.6 Å². The van der Waals surface area contributed by atoms with Gasteiger partial charge in [0.05, 0.1) is 11.5 Å². The lowest BCUT2D eigenvalue weighted by Gasteiger charge is -2.12. The summed E-state index contributed by atoms with van der Waals surface area (Å²) in [5.41, 5.74) is 0.917. The Labute approximate surface area is 157 Å². The topological polar surface area (TPSA) is 78.6 Å². The number of alkyl halides is 2. The molecule has 0 bridgehead atoms. The standard InChI is InChI=1S/C19H21F2NO4S/c1-19(2)14(11-25-15-5-3-4-6-16(15)26-18(20)21)17(19)12-7-9-13(10-8-12)27(22,23)24/h3-10,14,17-18H,11H2,1-2H3,(H2,22,23,24)/t14-,17-/m1/s1. The van der Waals surface area contributed by atoms with Crippen molar-refractivity contribution in [3.05, 3.63) is 54.1 Å². The Hall–Kier alpha value is -2.19. The Bertz CT molecular complexity index is 914. The molecule has 2 aromatic carbocycles. The highest BCUT2D eigenvalue weighted by molar-refractivity contribution is 7.89. The van der Waals surface area contributed by atoms with Crippen LogP contribution in [-0.4, -0.2) is 21.6 Å². The molecule has 5 nitrogen and oxygen atoms in total. The van der Waals surface area contributed by atoms with Crippen LogP contribution in [0.3, 0.4) is 0 Å². The van der Waals surface area contributed by atoms with Gasteiger partial charge in [0.2, 0.25) is 10.0 Å². The summed E-state index contributed by atoms with van der Waals surface area (Å²) >= 11 is 0. The molecule has 0 aromatic heterocycles. The number of para-hydroxylation sites is 2. The number of benzene rings is 2. The first-order chi connectivity index (χ1) is 12.6. The number of ether oxygens (including phenoxy) is 2. The summed E-state index contributed by atoms with van der Waals surface area (Å²) in [5.74, 6) is 0.580. The zero-order valence-electron chi connectivity index (χ0n) is 14.9. The molecule has 3 rings (SSSR count). The van der Waals surface area contributed by atoms with Crippen LogP contribution in [0.5, 0.6) is 11.5 Å². The van der Waals surface area contributed by atoms with E-state index in [1.807, 2.05) is 0 Å². The summed E-state index contributed by atoms with van der Waals surface area (Å²) < 4.78 is 58.0. The van der Waals surface area contributed by atoms with Crippen LogP contribution >= 0.6 is 0 Å².